The Balaban J connectivity index is 0.000000363. The van der Waals surface area contributed by atoms with Crippen molar-refractivity contribution in [3.8, 4) is 0 Å². The highest BCUT2D eigenvalue weighted by Gasteiger charge is 2.38. The van der Waals surface area contributed by atoms with Gasteiger partial charge < -0.3 is 14.2 Å². The summed E-state index contributed by atoms with van der Waals surface area (Å²) in [6.07, 6.45) is 19.3. The van der Waals surface area contributed by atoms with Crippen LogP contribution in [0.3, 0.4) is 0 Å². The predicted octanol–water partition coefficient (Wildman–Crippen LogP) is 8.54. The topological polar surface area (TPSA) is 96.0 Å². The maximum absolute atomic E-state index is 12.4. The van der Waals surface area contributed by atoms with E-state index in [-0.39, 0.29) is 30.2 Å². The van der Waals surface area contributed by atoms with Crippen molar-refractivity contribution >= 4 is 23.9 Å². The van der Waals surface area contributed by atoms with E-state index in [1.807, 2.05) is 0 Å². The van der Waals surface area contributed by atoms with Crippen LogP contribution in [0.15, 0.2) is 35.9 Å². The third kappa shape index (κ3) is 13.3. The lowest BCUT2D eigenvalue weighted by Crippen LogP contribution is -2.20. The maximum Gasteiger partial charge on any atom is 0.339 e. The highest BCUT2D eigenvalue weighted by Crippen LogP contribution is 2.33. The van der Waals surface area contributed by atoms with Crippen LogP contribution < -0.4 is 0 Å². The quantitative estimate of drug-likeness (QED) is 0.0595. The molecule has 0 aromatic heterocycles. The van der Waals surface area contributed by atoms with Crippen LogP contribution in [-0.4, -0.2) is 37.1 Å². The van der Waals surface area contributed by atoms with Crippen LogP contribution in [0.1, 0.15) is 144 Å². The molecule has 0 N–H and O–H groups in total. The second-order valence-corrected chi connectivity index (χ2v) is 11.5. The van der Waals surface area contributed by atoms with Gasteiger partial charge in [-0.3, -0.25) is 9.59 Å². The van der Waals surface area contributed by atoms with E-state index in [1.165, 1.54) is 56.9 Å². The molecule has 3 rings (SSSR count). The number of cyclic esters (lactones) is 2. The number of unbranched alkanes of at least 4 members (excludes halogenated alkanes) is 10. The Morgan fingerprint density at radius 2 is 1.29 bits per heavy atom. The first-order valence-corrected chi connectivity index (χ1v) is 16.2. The largest absolute Gasteiger partial charge is 0.462 e. The molecule has 0 spiro atoms. The average Bonchev–Trinajstić information content (AvgIpc) is 3.33. The van der Waals surface area contributed by atoms with Gasteiger partial charge in [0.15, 0.2) is 0 Å². The molecule has 1 aromatic carbocycles. The van der Waals surface area contributed by atoms with Crippen molar-refractivity contribution in [3.63, 3.8) is 0 Å². The van der Waals surface area contributed by atoms with Gasteiger partial charge in [0.1, 0.15) is 0 Å². The minimum Gasteiger partial charge on any atom is -0.462 e. The lowest BCUT2D eigenvalue weighted by Gasteiger charge is -2.21. The number of esters is 4. The van der Waals surface area contributed by atoms with E-state index < -0.39 is 11.9 Å². The summed E-state index contributed by atoms with van der Waals surface area (Å²) in [4.78, 5) is 46.9. The van der Waals surface area contributed by atoms with Crippen LogP contribution >= 0.6 is 0 Å². The summed E-state index contributed by atoms with van der Waals surface area (Å²) >= 11 is 0. The van der Waals surface area contributed by atoms with Gasteiger partial charge in [-0.2, -0.15) is 0 Å². The molecule has 0 amide bonds. The predicted molar refractivity (Wildman–Crippen MR) is 164 cm³/mol. The number of ether oxygens (including phenoxy) is 3. The molecule has 1 aromatic rings. The van der Waals surface area contributed by atoms with E-state index in [2.05, 4.69) is 31.6 Å². The SMILES string of the molecule is CC1=CC(C2CC(=O)OC2=O)CCC1.CCCCCCCCOC(=O)c1ccccc1C(=O)OCCCCCCCC. The molecule has 42 heavy (non-hydrogen) atoms. The Kier molecular flexibility index (Phi) is 17.5. The Morgan fingerprint density at radius 1 is 0.786 bits per heavy atom. The molecule has 1 saturated heterocycles. The number of allylic oxidation sites excluding steroid dienone is 2. The minimum atomic E-state index is -0.444. The molecule has 7 heteroatoms. The average molecular weight is 585 g/mol. The molecular formula is C35H52O7. The fourth-order valence-corrected chi connectivity index (χ4v) is 5.37. The van der Waals surface area contributed by atoms with Gasteiger partial charge in [-0.05, 0) is 57.1 Å². The Morgan fingerprint density at radius 3 is 1.74 bits per heavy atom. The van der Waals surface area contributed by atoms with Gasteiger partial charge in [0, 0.05) is 0 Å². The van der Waals surface area contributed by atoms with Gasteiger partial charge in [0.2, 0.25) is 0 Å². The van der Waals surface area contributed by atoms with Crippen molar-refractivity contribution in [1.82, 2.24) is 0 Å². The molecule has 0 bridgehead atoms. The summed E-state index contributed by atoms with van der Waals surface area (Å²) < 4.78 is 15.3. The number of hydrogen-bond acceptors (Lipinski definition) is 7. The van der Waals surface area contributed by atoms with Crippen LogP contribution in [0.2, 0.25) is 0 Å². The Bertz CT molecular complexity index is 963. The molecular weight excluding hydrogens is 532 g/mol. The van der Waals surface area contributed by atoms with Gasteiger partial charge >= 0.3 is 23.9 Å². The van der Waals surface area contributed by atoms with E-state index in [1.54, 1.807) is 24.3 Å². The molecule has 234 valence electrons. The van der Waals surface area contributed by atoms with Gasteiger partial charge in [-0.25, -0.2) is 9.59 Å². The van der Waals surface area contributed by atoms with Crippen LogP contribution in [0.4, 0.5) is 0 Å². The van der Waals surface area contributed by atoms with Crippen molar-refractivity contribution < 1.29 is 33.4 Å². The lowest BCUT2D eigenvalue weighted by atomic mass is 9.81. The zero-order valence-electron chi connectivity index (χ0n) is 26.1. The number of benzene rings is 1. The van der Waals surface area contributed by atoms with E-state index in [0.717, 1.165) is 44.9 Å². The van der Waals surface area contributed by atoms with Crippen LogP contribution in [0.5, 0.6) is 0 Å². The van der Waals surface area contributed by atoms with Crippen molar-refractivity contribution in [3.05, 3.63) is 47.0 Å². The van der Waals surface area contributed by atoms with Crippen LogP contribution in [0.25, 0.3) is 0 Å². The van der Waals surface area contributed by atoms with E-state index in [0.29, 0.717) is 24.3 Å². The van der Waals surface area contributed by atoms with Crippen molar-refractivity contribution in [2.75, 3.05) is 13.2 Å². The van der Waals surface area contributed by atoms with Crippen molar-refractivity contribution in [1.29, 1.82) is 0 Å². The molecule has 0 saturated carbocycles. The van der Waals surface area contributed by atoms with Crippen LogP contribution in [-0.2, 0) is 23.8 Å². The fourth-order valence-electron chi connectivity index (χ4n) is 5.37. The Hall–Kier alpha value is -2.96. The summed E-state index contributed by atoms with van der Waals surface area (Å²) in [6, 6.07) is 6.74. The second kappa shape index (κ2) is 20.8. The summed E-state index contributed by atoms with van der Waals surface area (Å²) in [5.74, 6) is -1.57. The third-order valence-corrected chi connectivity index (χ3v) is 7.86. The maximum atomic E-state index is 12.4. The normalized spacial score (nSPS) is 18.0. The first kappa shape index (κ1) is 35.2. The minimum absolute atomic E-state index is 0.210. The number of rotatable bonds is 17. The second-order valence-electron chi connectivity index (χ2n) is 11.5. The first-order valence-electron chi connectivity index (χ1n) is 16.2. The van der Waals surface area contributed by atoms with Crippen molar-refractivity contribution in [2.45, 2.75) is 124 Å². The monoisotopic (exact) mass is 584 g/mol. The lowest BCUT2D eigenvalue weighted by molar-refractivity contribution is -0.153. The first-order chi connectivity index (χ1) is 20.4. The molecule has 2 aliphatic rings. The highest BCUT2D eigenvalue weighted by atomic mass is 16.6. The molecule has 7 nitrogen and oxygen atoms in total. The van der Waals surface area contributed by atoms with Crippen LogP contribution in [0, 0.1) is 11.8 Å². The van der Waals surface area contributed by atoms with E-state index in [4.69, 9.17) is 9.47 Å². The number of carbonyl (C=O) groups is 4. The summed E-state index contributed by atoms with van der Waals surface area (Å²) in [7, 11) is 0. The molecule has 1 aliphatic heterocycles. The van der Waals surface area contributed by atoms with Crippen molar-refractivity contribution in [2.24, 2.45) is 11.8 Å². The summed E-state index contributed by atoms with van der Waals surface area (Å²) in [6.45, 7) is 7.25. The fraction of sp³-hybridized carbons (Fsp3) is 0.657. The van der Waals surface area contributed by atoms with Gasteiger partial charge in [0.25, 0.3) is 0 Å². The molecule has 1 heterocycles. The van der Waals surface area contributed by atoms with Gasteiger partial charge in [-0.1, -0.05) is 102 Å². The third-order valence-electron chi connectivity index (χ3n) is 7.86. The number of hydrogen-bond donors (Lipinski definition) is 0. The van der Waals surface area contributed by atoms with E-state index in [9.17, 15) is 19.2 Å². The summed E-state index contributed by atoms with van der Waals surface area (Å²) in [5, 5.41) is 0. The smallest absolute Gasteiger partial charge is 0.339 e. The highest BCUT2D eigenvalue weighted by molar-refractivity contribution is 6.03. The molecule has 2 unspecified atom stereocenters. The zero-order valence-corrected chi connectivity index (χ0v) is 26.1. The summed E-state index contributed by atoms with van der Waals surface area (Å²) in [5.41, 5.74) is 1.91. The molecule has 1 aliphatic carbocycles. The Labute approximate surface area is 252 Å². The van der Waals surface area contributed by atoms with E-state index >= 15 is 0 Å². The standard InChI is InChI=1S/C24H38O4.C11H14O3/c1-3-5-7-9-11-15-19-27-23(25)21-17-13-14-18-22(21)24(26)28-20-16-12-10-8-6-4-2;1-7-3-2-4-8(5-7)9-6-10(12)14-11(9)13/h13-14,17-18H,3-12,15-16,19-20H2,1-2H3;5,8-9H,2-4,6H2,1H3. The van der Waals surface area contributed by atoms with Gasteiger partial charge in [-0.15, -0.1) is 0 Å². The zero-order chi connectivity index (χ0) is 30.6. The number of carbonyl (C=O) groups excluding carboxylic acids is 4. The molecule has 1 fully saturated rings. The molecule has 2 atom stereocenters. The molecule has 0 radical (unpaired) electrons. The van der Waals surface area contributed by atoms with Gasteiger partial charge in [0.05, 0.1) is 36.7 Å².